The quantitative estimate of drug-likeness (QED) is 0.0621. The highest BCUT2D eigenvalue weighted by atomic mass is 32.1. The van der Waals surface area contributed by atoms with Crippen molar-refractivity contribution in [2.45, 2.75) is 85.0 Å². The van der Waals surface area contributed by atoms with Gasteiger partial charge in [-0.05, 0) is 69.9 Å². The van der Waals surface area contributed by atoms with Gasteiger partial charge in [-0.3, -0.25) is 14.4 Å². The summed E-state index contributed by atoms with van der Waals surface area (Å²) in [5, 5.41) is 16.3. The zero-order valence-corrected chi connectivity index (χ0v) is 40.0. The summed E-state index contributed by atoms with van der Waals surface area (Å²) < 4.78 is 11.3. The minimum absolute atomic E-state index is 0.00354. The fraction of sp³-hybridized carbons (Fsp3) is 0.352. The van der Waals surface area contributed by atoms with Gasteiger partial charge in [0.2, 0.25) is 17.7 Å². The van der Waals surface area contributed by atoms with Crippen molar-refractivity contribution in [3.63, 3.8) is 0 Å². The van der Waals surface area contributed by atoms with E-state index in [1.807, 2.05) is 93.9 Å². The molecule has 0 radical (unpaired) electrons. The van der Waals surface area contributed by atoms with Crippen LogP contribution in [0.2, 0.25) is 0 Å². The van der Waals surface area contributed by atoms with Crippen LogP contribution >= 0.6 is 11.3 Å². The topological polar surface area (TPSA) is 150 Å². The molecule has 4 aromatic carbocycles. The molecule has 2 heterocycles. The summed E-state index contributed by atoms with van der Waals surface area (Å²) in [6, 6.07) is 34.8. The molecular weight excluding hydrogens is 863 g/mol. The van der Waals surface area contributed by atoms with Gasteiger partial charge in [0.25, 0.3) is 0 Å². The normalized spacial score (nSPS) is 15.4. The standard InChI is InChI=1S/C54H61N5O7S/c1-7-45(39-17-11-8-12-18-39)48(40-19-13-9-14-20-40)41-26-28-44(29-27-41)65-32-30-58(6)53(64)66-31-16-10-15-21-47(61)57-50(54(3,4)5)52(63)59-35-43(60)33-46(59)51(62)55-34-38-22-24-42(25-23-38)49-37(2)56-36-67-49/h8-9,11-14,17-20,22-29,36,43,46,50,60H,7,15,21,30-35H2,1-6H3,(H,55,62)(H,57,61)/b48-45-/t43-,46+,50-/m1/s1. The highest BCUT2D eigenvalue weighted by molar-refractivity contribution is 7.13. The van der Waals surface area contributed by atoms with Gasteiger partial charge in [0.05, 0.1) is 28.7 Å². The molecule has 12 nitrogen and oxygen atoms in total. The van der Waals surface area contributed by atoms with E-state index < -0.39 is 41.5 Å². The number of carbonyl (C=O) groups is 4. The monoisotopic (exact) mass is 923 g/mol. The van der Waals surface area contributed by atoms with E-state index in [4.69, 9.17) is 9.47 Å². The Balaban J connectivity index is 0.926. The Morgan fingerprint density at radius 3 is 2.19 bits per heavy atom. The largest absolute Gasteiger partial charge is 0.492 e. The Morgan fingerprint density at radius 1 is 0.910 bits per heavy atom. The summed E-state index contributed by atoms with van der Waals surface area (Å²) in [5.74, 6) is 5.12. The fourth-order valence-corrected chi connectivity index (χ4v) is 8.74. The first-order valence-electron chi connectivity index (χ1n) is 22.7. The Hall–Kier alpha value is -6.75. The maximum atomic E-state index is 14.0. The summed E-state index contributed by atoms with van der Waals surface area (Å²) in [4.78, 5) is 61.4. The number of thiazole rings is 1. The first-order valence-corrected chi connectivity index (χ1v) is 23.6. The minimum Gasteiger partial charge on any atom is -0.492 e. The van der Waals surface area contributed by atoms with Crippen molar-refractivity contribution in [3.05, 3.63) is 143 Å². The van der Waals surface area contributed by atoms with Gasteiger partial charge in [-0.1, -0.05) is 137 Å². The van der Waals surface area contributed by atoms with Gasteiger partial charge in [-0.2, -0.15) is 0 Å². The van der Waals surface area contributed by atoms with Crippen LogP contribution in [0.5, 0.6) is 5.75 Å². The third kappa shape index (κ3) is 13.7. The SMILES string of the molecule is CC/C(=C(\c1ccccc1)c1ccc(OCCN(C)C(=O)OCC#CCCC(=O)N[C@H](C(=O)N2C[C@H](O)C[C@H]2C(=O)NCc2ccc(-c3scnc3C)cc2)C(C)(C)C)cc1)c1ccccc1. The molecule has 1 saturated heterocycles. The second kappa shape index (κ2) is 23.6. The third-order valence-electron chi connectivity index (χ3n) is 11.6. The van der Waals surface area contributed by atoms with Crippen LogP contribution in [0.1, 0.15) is 81.3 Å². The summed E-state index contributed by atoms with van der Waals surface area (Å²) >= 11 is 1.57. The van der Waals surface area contributed by atoms with Crippen molar-refractivity contribution in [1.82, 2.24) is 25.4 Å². The molecule has 67 heavy (non-hydrogen) atoms. The highest BCUT2D eigenvalue weighted by Crippen LogP contribution is 2.35. The van der Waals surface area contributed by atoms with E-state index in [0.717, 1.165) is 39.2 Å². The number of hydrogen-bond acceptors (Lipinski definition) is 9. The molecule has 3 atom stereocenters. The smallest absolute Gasteiger partial charge is 0.410 e. The number of nitrogens with one attached hydrogen (secondary N) is 2. The molecule has 350 valence electrons. The molecule has 0 unspecified atom stereocenters. The number of ether oxygens (including phenoxy) is 2. The Kier molecular flexibility index (Phi) is 17.5. The number of aromatic nitrogens is 1. The average molecular weight is 924 g/mol. The molecule has 0 aliphatic carbocycles. The number of β-amino-alcohol motifs (C(OH)–C–C–N with tert-alkyl or cyclic N) is 1. The van der Waals surface area contributed by atoms with E-state index >= 15 is 0 Å². The van der Waals surface area contributed by atoms with Gasteiger partial charge in [-0.15, -0.1) is 11.3 Å². The number of aliphatic hydroxyl groups is 1. The van der Waals surface area contributed by atoms with E-state index in [1.165, 1.54) is 26.5 Å². The lowest BCUT2D eigenvalue weighted by molar-refractivity contribution is -0.144. The van der Waals surface area contributed by atoms with Crippen LogP contribution in [-0.2, 0) is 25.7 Å². The van der Waals surface area contributed by atoms with Gasteiger partial charge in [-0.25, -0.2) is 9.78 Å². The van der Waals surface area contributed by atoms with Gasteiger partial charge in [0.1, 0.15) is 24.4 Å². The molecule has 4 amide bonds. The van der Waals surface area contributed by atoms with Crippen molar-refractivity contribution < 1.29 is 33.8 Å². The second-order valence-electron chi connectivity index (χ2n) is 17.6. The lowest BCUT2D eigenvalue weighted by Crippen LogP contribution is -2.57. The first-order chi connectivity index (χ1) is 32.2. The number of amides is 4. The third-order valence-corrected chi connectivity index (χ3v) is 12.5. The number of carbonyl (C=O) groups excluding carboxylic acids is 4. The number of nitrogens with zero attached hydrogens (tertiary/aromatic N) is 3. The van der Waals surface area contributed by atoms with Crippen molar-refractivity contribution in [2.24, 2.45) is 5.41 Å². The van der Waals surface area contributed by atoms with E-state index in [9.17, 15) is 24.3 Å². The number of rotatable bonds is 17. The molecule has 0 bridgehead atoms. The summed E-state index contributed by atoms with van der Waals surface area (Å²) in [6.07, 6.45) is -0.304. The highest BCUT2D eigenvalue weighted by Gasteiger charge is 2.44. The van der Waals surface area contributed by atoms with Crippen molar-refractivity contribution in [1.29, 1.82) is 0 Å². The maximum absolute atomic E-state index is 14.0. The van der Waals surface area contributed by atoms with Crippen LogP contribution < -0.4 is 15.4 Å². The zero-order valence-electron chi connectivity index (χ0n) is 39.2. The summed E-state index contributed by atoms with van der Waals surface area (Å²) in [6.45, 7) is 10.2. The molecule has 1 fully saturated rings. The van der Waals surface area contributed by atoms with Gasteiger partial charge in [0, 0.05) is 39.4 Å². The van der Waals surface area contributed by atoms with Crippen LogP contribution in [0.3, 0.4) is 0 Å². The maximum Gasteiger partial charge on any atom is 0.410 e. The predicted octanol–water partition coefficient (Wildman–Crippen LogP) is 8.53. The van der Waals surface area contributed by atoms with Crippen LogP contribution in [-0.4, -0.2) is 95.2 Å². The molecular formula is C54H61N5O7S. The van der Waals surface area contributed by atoms with E-state index in [1.54, 1.807) is 18.4 Å². The van der Waals surface area contributed by atoms with E-state index in [2.05, 4.69) is 82.9 Å². The lowest BCUT2D eigenvalue weighted by atomic mass is 9.85. The van der Waals surface area contributed by atoms with Gasteiger partial charge in [0.15, 0.2) is 6.61 Å². The minimum atomic E-state index is -0.959. The second-order valence-corrected chi connectivity index (χ2v) is 18.4. The van der Waals surface area contributed by atoms with Gasteiger partial charge < -0.3 is 35.0 Å². The number of aliphatic hydroxyl groups excluding tert-OH is 1. The van der Waals surface area contributed by atoms with Crippen molar-refractivity contribution >= 4 is 46.3 Å². The molecule has 5 aromatic rings. The van der Waals surface area contributed by atoms with E-state index in [0.29, 0.717) is 5.75 Å². The Labute approximate surface area is 398 Å². The molecule has 13 heteroatoms. The Bertz CT molecular complexity index is 2540. The average Bonchev–Trinajstić information content (AvgIpc) is 3.95. The zero-order chi connectivity index (χ0) is 47.9. The van der Waals surface area contributed by atoms with Crippen LogP contribution in [0.15, 0.2) is 115 Å². The predicted molar refractivity (Wildman–Crippen MR) is 264 cm³/mol. The van der Waals surface area contributed by atoms with Crippen LogP contribution in [0.4, 0.5) is 4.79 Å². The number of likely N-dealkylation sites (N-methyl/N-ethyl adjacent to an activating group) is 1. The number of benzene rings is 4. The molecule has 1 aliphatic rings. The molecule has 1 aromatic heterocycles. The van der Waals surface area contributed by atoms with Crippen molar-refractivity contribution in [2.75, 3.05) is 33.4 Å². The molecule has 0 saturated carbocycles. The number of hydrogen-bond donors (Lipinski definition) is 3. The summed E-state index contributed by atoms with van der Waals surface area (Å²) in [7, 11) is 1.62. The van der Waals surface area contributed by atoms with Gasteiger partial charge >= 0.3 is 6.09 Å². The molecule has 0 spiro atoms. The Morgan fingerprint density at radius 2 is 1.57 bits per heavy atom. The molecule has 3 N–H and O–H groups in total. The number of likely N-dealkylation sites (tertiary alicyclic amines) is 1. The van der Waals surface area contributed by atoms with E-state index in [-0.39, 0.29) is 58.0 Å². The molecule has 6 rings (SSSR count). The van der Waals surface area contributed by atoms with Crippen molar-refractivity contribution in [3.8, 4) is 28.0 Å². The lowest BCUT2D eigenvalue weighted by Gasteiger charge is -2.35. The first kappa shape index (κ1) is 49.7. The van der Waals surface area contributed by atoms with Crippen LogP contribution in [0.25, 0.3) is 21.6 Å². The number of allylic oxidation sites excluding steroid dienone is 1. The fourth-order valence-electron chi connectivity index (χ4n) is 7.93. The summed E-state index contributed by atoms with van der Waals surface area (Å²) in [5.41, 5.74) is 9.84. The van der Waals surface area contributed by atoms with Crippen LogP contribution in [0, 0.1) is 24.2 Å². The molecule has 1 aliphatic heterocycles. The number of aryl methyl sites for hydroxylation is 1.